The first kappa shape index (κ1) is 20.3. The van der Waals surface area contributed by atoms with E-state index in [1.54, 1.807) is 0 Å². The number of likely N-dealkylation sites (N-methyl/N-ethyl adjacent to an activating group) is 1. The van der Waals surface area contributed by atoms with E-state index in [4.69, 9.17) is 27.0 Å². The maximum atomic E-state index is 12.9. The number of benzene rings is 2. The van der Waals surface area contributed by atoms with E-state index in [9.17, 15) is 4.79 Å². The molecule has 1 saturated heterocycles. The minimum absolute atomic E-state index is 0.0188. The molecular weight excluding hydrogens is 386 g/mol. The van der Waals surface area contributed by atoms with Gasteiger partial charge < -0.3 is 14.4 Å². The molecule has 2 N–H and O–H groups in total. The van der Waals surface area contributed by atoms with Crippen LogP contribution in [0.25, 0.3) is 0 Å². The zero-order chi connectivity index (χ0) is 20.3. The third-order valence-corrected chi connectivity index (χ3v) is 4.55. The van der Waals surface area contributed by atoms with Crippen molar-refractivity contribution in [1.82, 2.24) is 4.90 Å². The fourth-order valence-electron chi connectivity index (χ4n) is 3.39. The number of fused-ring (bicyclic) bond motifs is 2. The van der Waals surface area contributed by atoms with Crippen molar-refractivity contribution in [3.8, 4) is 11.5 Å². The van der Waals surface area contributed by atoms with E-state index < -0.39 is 16.3 Å². The third-order valence-electron chi connectivity index (χ3n) is 4.55. The van der Waals surface area contributed by atoms with Crippen molar-refractivity contribution in [2.45, 2.75) is 18.4 Å². The molecule has 0 aromatic heterocycles. The summed E-state index contributed by atoms with van der Waals surface area (Å²) in [6.45, 7) is 1.77. The van der Waals surface area contributed by atoms with Crippen LogP contribution in [0.1, 0.15) is 23.5 Å². The van der Waals surface area contributed by atoms with Gasteiger partial charge in [-0.05, 0) is 25.6 Å². The van der Waals surface area contributed by atoms with Crippen molar-refractivity contribution in [2.75, 3.05) is 20.1 Å². The Morgan fingerprint density at radius 2 is 1.57 bits per heavy atom. The maximum absolute atomic E-state index is 12.9. The van der Waals surface area contributed by atoms with Gasteiger partial charge in [0.15, 0.2) is 0 Å². The van der Waals surface area contributed by atoms with Crippen LogP contribution in [0.5, 0.6) is 11.5 Å². The minimum atomic E-state index is -4.67. The monoisotopic (exact) mass is 407 g/mol. The summed E-state index contributed by atoms with van der Waals surface area (Å²) in [5.74, 6) is 0.865. The van der Waals surface area contributed by atoms with Crippen LogP contribution < -0.4 is 4.74 Å². The Balaban J connectivity index is 0.000000403. The number of carbonyl (C=O) groups is 1. The highest BCUT2D eigenvalue weighted by molar-refractivity contribution is 7.79. The Morgan fingerprint density at radius 3 is 2.04 bits per heavy atom. The lowest BCUT2D eigenvalue weighted by molar-refractivity contribution is -0.149. The maximum Gasteiger partial charge on any atom is 0.394 e. The van der Waals surface area contributed by atoms with E-state index in [1.807, 2.05) is 55.6 Å². The minimum Gasteiger partial charge on any atom is -0.460 e. The smallest absolute Gasteiger partial charge is 0.394 e. The molecule has 0 bridgehead atoms. The van der Waals surface area contributed by atoms with E-state index in [-0.39, 0.29) is 12.1 Å². The molecule has 2 aromatic rings. The average molecular weight is 407 g/mol. The quantitative estimate of drug-likeness (QED) is 0.577. The molecule has 8 nitrogen and oxygen atoms in total. The van der Waals surface area contributed by atoms with Crippen LogP contribution in [-0.4, -0.2) is 54.6 Å². The molecule has 1 atom stereocenters. The Kier molecular flexibility index (Phi) is 5.99. The number of carbonyl (C=O) groups excluding carboxylic acids is 1. The van der Waals surface area contributed by atoms with E-state index in [2.05, 4.69) is 4.90 Å². The Morgan fingerprint density at radius 1 is 1.07 bits per heavy atom. The van der Waals surface area contributed by atoms with Crippen molar-refractivity contribution in [1.29, 1.82) is 0 Å². The molecule has 2 heterocycles. The molecule has 1 unspecified atom stereocenters. The number of hydrogen-bond acceptors (Lipinski definition) is 6. The van der Waals surface area contributed by atoms with Gasteiger partial charge in [0.25, 0.3) is 0 Å². The first-order valence-corrected chi connectivity index (χ1v) is 10.1. The number of nitrogens with zero attached hydrogens (tertiary/aromatic N) is 1. The second-order valence-corrected chi connectivity index (χ2v) is 7.56. The van der Waals surface area contributed by atoms with Gasteiger partial charge in [0.2, 0.25) is 0 Å². The predicted molar refractivity (Wildman–Crippen MR) is 101 cm³/mol. The van der Waals surface area contributed by atoms with Gasteiger partial charge >= 0.3 is 16.4 Å². The molecule has 0 amide bonds. The van der Waals surface area contributed by atoms with Gasteiger partial charge in [-0.1, -0.05) is 36.4 Å². The van der Waals surface area contributed by atoms with Crippen molar-refractivity contribution < 1.29 is 31.8 Å². The molecule has 1 fully saturated rings. The molecule has 4 rings (SSSR count). The first-order chi connectivity index (χ1) is 13.2. The summed E-state index contributed by atoms with van der Waals surface area (Å²) in [6.07, 6.45) is 0.879. The zero-order valence-corrected chi connectivity index (χ0v) is 16.0. The largest absolute Gasteiger partial charge is 0.460 e. The molecule has 28 heavy (non-hydrogen) atoms. The summed E-state index contributed by atoms with van der Waals surface area (Å²) in [6, 6.07) is 15.4. The van der Waals surface area contributed by atoms with E-state index in [1.165, 1.54) is 0 Å². The number of hydrogen-bond donors (Lipinski definition) is 2. The number of esters is 1. The van der Waals surface area contributed by atoms with Crippen LogP contribution in [-0.2, 0) is 19.9 Å². The number of para-hydroxylation sites is 2. The number of likely N-dealkylation sites (tertiary alicyclic amines) is 1. The molecule has 150 valence electrons. The average Bonchev–Trinajstić information content (AvgIpc) is 3.02. The van der Waals surface area contributed by atoms with Crippen LogP contribution in [0.2, 0.25) is 0 Å². The van der Waals surface area contributed by atoms with Crippen LogP contribution >= 0.6 is 0 Å². The van der Waals surface area contributed by atoms with E-state index in [0.717, 1.165) is 42.1 Å². The van der Waals surface area contributed by atoms with E-state index >= 15 is 0 Å². The lowest BCUT2D eigenvalue weighted by atomic mass is 9.88. The van der Waals surface area contributed by atoms with Crippen LogP contribution in [0, 0.1) is 0 Å². The fourth-order valence-corrected chi connectivity index (χ4v) is 3.39. The zero-order valence-electron chi connectivity index (χ0n) is 15.2. The Bertz CT molecular complexity index is 907. The lowest BCUT2D eigenvalue weighted by Crippen LogP contribution is -2.27. The predicted octanol–water partition coefficient (Wildman–Crippen LogP) is 2.52. The standard InChI is InChI=1S/C19H19NO3.H2O4S/c1-20-11-10-13(12-20)22-19(21)18-14-6-2-4-8-16(14)23-17-9-5-3-7-15(17)18;1-5(2,3)4/h2-9,13,18H,10-12H2,1H3;(H2,1,2,3,4). The van der Waals surface area contributed by atoms with Crippen LogP contribution in [0.3, 0.4) is 0 Å². The molecule has 0 aliphatic carbocycles. The van der Waals surface area contributed by atoms with Gasteiger partial charge in [-0.25, -0.2) is 0 Å². The highest BCUT2D eigenvalue weighted by Gasteiger charge is 2.35. The molecule has 0 radical (unpaired) electrons. The lowest BCUT2D eigenvalue weighted by Gasteiger charge is -2.27. The van der Waals surface area contributed by atoms with Gasteiger partial charge in [-0.2, -0.15) is 8.42 Å². The molecule has 0 spiro atoms. The second-order valence-electron chi connectivity index (χ2n) is 6.67. The number of rotatable bonds is 2. The van der Waals surface area contributed by atoms with Crippen molar-refractivity contribution in [3.05, 3.63) is 59.7 Å². The van der Waals surface area contributed by atoms with Crippen molar-refractivity contribution in [3.63, 3.8) is 0 Å². The molecule has 0 saturated carbocycles. The van der Waals surface area contributed by atoms with Crippen LogP contribution in [0.15, 0.2) is 48.5 Å². The van der Waals surface area contributed by atoms with Gasteiger partial charge in [0.05, 0.1) is 0 Å². The van der Waals surface area contributed by atoms with Gasteiger partial charge in [-0.3, -0.25) is 13.9 Å². The second kappa shape index (κ2) is 8.27. The van der Waals surface area contributed by atoms with Gasteiger partial charge in [0.1, 0.15) is 23.5 Å². The van der Waals surface area contributed by atoms with E-state index in [0.29, 0.717) is 0 Å². The summed E-state index contributed by atoms with van der Waals surface area (Å²) < 4.78 is 43.3. The SMILES string of the molecule is CN1CCC(OC(=O)C2c3ccccc3Oc3ccccc32)C1.O=S(=O)(O)O. The third kappa shape index (κ3) is 5.08. The first-order valence-electron chi connectivity index (χ1n) is 8.67. The summed E-state index contributed by atoms with van der Waals surface area (Å²) in [5, 5.41) is 0. The highest BCUT2D eigenvalue weighted by Crippen LogP contribution is 2.44. The van der Waals surface area contributed by atoms with Crippen LogP contribution in [0.4, 0.5) is 0 Å². The Labute approximate surface area is 163 Å². The van der Waals surface area contributed by atoms with Crippen molar-refractivity contribution in [2.24, 2.45) is 0 Å². The highest BCUT2D eigenvalue weighted by atomic mass is 32.3. The molecule has 2 aliphatic heterocycles. The molecule has 2 aliphatic rings. The molecular formula is C19H21NO7S. The molecule has 2 aromatic carbocycles. The summed E-state index contributed by atoms with van der Waals surface area (Å²) in [5.41, 5.74) is 1.75. The normalized spacial score (nSPS) is 18.9. The fraction of sp³-hybridized carbons (Fsp3) is 0.316. The van der Waals surface area contributed by atoms with Crippen molar-refractivity contribution >= 4 is 16.4 Å². The number of ether oxygens (including phenoxy) is 2. The summed E-state index contributed by atoms with van der Waals surface area (Å²) in [7, 11) is -2.62. The summed E-state index contributed by atoms with van der Waals surface area (Å²) in [4.78, 5) is 15.1. The summed E-state index contributed by atoms with van der Waals surface area (Å²) >= 11 is 0. The molecule has 9 heteroatoms. The van der Waals surface area contributed by atoms with Gasteiger partial charge in [-0.15, -0.1) is 0 Å². The Hall–Kier alpha value is -2.46. The topological polar surface area (TPSA) is 113 Å². The van der Waals surface area contributed by atoms with Gasteiger partial charge in [0, 0.05) is 24.2 Å².